The van der Waals surface area contributed by atoms with Gasteiger partial charge in [0.25, 0.3) is 0 Å². The molecule has 0 radical (unpaired) electrons. The van der Waals surface area contributed by atoms with Crippen molar-refractivity contribution in [2.75, 3.05) is 16.8 Å². The third kappa shape index (κ3) is 1.89. The first-order valence-electron chi connectivity index (χ1n) is 4.91. The molecule has 0 spiro atoms. The minimum atomic E-state index is -0.649. The number of aliphatic hydroxyl groups excluding tert-OH is 1. The van der Waals surface area contributed by atoms with Crippen molar-refractivity contribution in [1.82, 2.24) is 9.97 Å². The minimum absolute atomic E-state index is 0.0231. The summed E-state index contributed by atoms with van der Waals surface area (Å²) in [4.78, 5) is 20.6. The third-order valence-corrected chi connectivity index (χ3v) is 2.59. The lowest BCUT2D eigenvalue weighted by Crippen LogP contribution is -2.59. The van der Waals surface area contributed by atoms with Gasteiger partial charge in [-0.2, -0.15) is 0 Å². The number of amides is 2. The number of nitrogens with one attached hydrogen (secondary N) is 1. The number of nitrogens with zero attached hydrogens (tertiary/aromatic N) is 3. The molecule has 4 N–H and O–H groups in total. The molecule has 7 nitrogen and oxygen atoms in total. The lowest BCUT2D eigenvalue weighted by atomic mass is 10.0. The van der Waals surface area contributed by atoms with Crippen molar-refractivity contribution in [1.29, 1.82) is 0 Å². The van der Waals surface area contributed by atoms with E-state index in [1.54, 1.807) is 0 Å². The molecule has 1 aliphatic heterocycles. The van der Waals surface area contributed by atoms with Gasteiger partial charge in [0.15, 0.2) is 0 Å². The van der Waals surface area contributed by atoms with Gasteiger partial charge >= 0.3 is 6.03 Å². The summed E-state index contributed by atoms with van der Waals surface area (Å²) in [6.07, 6.45) is 2.63. The summed E-state index contributed by atoms with van der Waals surface area (Å²) in [7, 11) is 0. The summed E-state index contributed by atoms with van der Waals surface area (Å²) < 4.78 is 0. The maximum atomic E-state index is 10.6. The molecule has 2 atom stereocenters. The molecule has 1 aromatic rings. The summed E-state index contributed by atoms with van der Waals surface area (Å²) in [6, 6.07) is -0.626. The lowest BCUT2D eigenvalue weighted by molar-refractivity contribution is 0.0979. The van der Waals surface area contributed by atoms with Crippen molar-refractivity contribution in [2.24, 2.45) is 5.73 Å². The molecule has 0 aliphatic carbocycles. The molecule has 1 aliphatic rings. The number of urea groups is 1. The second-order valence-corrected chi connectivity index (χ2v) is 3.72. The number of aromatic nitrogens is 2. The van der Waals surface area contributed by atoms with Gasteiger partial charge in [-0.15, -0.1) is 0 Å². The fourth-order valence-electron chi connectivity index (χ4n) is 1.53. The fraction of sp³-hybridized carbons (Fsp3) is 0.444. The predicted molar refractivity (Wildman–Crippen MR) is 58.1 cm³/mol. The molecule has 7 heteroatoms. The minimum Gasteiger partial charge on any atom is -0.389 e. The van der Waals surface area contributed by atoms with E-state index in [0.29, 0.717) is 18.2 Å². The molecule has 1 aromatic heterocycles. The van der Waals surface area contributed by atoms with Crippen LogP contribution >= 0.6 is 0 Å². The Kier molecular flexibility index (Phi) is 2.61. The number of aliphatic hydroxyl groups is 1. The molecule has 86 valence electrons. The predicted octanol–water partition coefficient (Wildman–Crippen LogP) is -0.463. The van der Waals surface area contributed by atoms with Gasteiger partial charge in [-0.25, -0.2) is 14.8 Å². The zero-order valence-corrected chi connectivity index (χ0v) is 8.79. The second kappa shape index (κ2) is 3.93. The Morgan fingerprint density at radius 1 is 1.62 bits per heavy atom. The van der Waals surface area contributed by atoms with Crippen molar-refractivity contribution >= 4 is 17.7 Å². The number of β-amino-alcohol motifs (C(OH)–C–C–N with tert-alkyl or cyclic N) is 1. The third-order valence-electron chi connectivity index (χ3n) is 2.59. The average molecular weight is 223 g/mol. The van der Waals surface area contributed by atoms with E-state index in [9.17, 15) is 9.90 Å². The Hall–Kier alpha value is -1.89. The van der Waals surface area contributed by atoms with Crippen molar-refractivity contribution in [3.8, 4) is 0 Å². The van der Waals surface area contributed by atoms with E-state index in [1.165, 1.54) is 12.4 Å². The van der Waals surface area contributed by atoms with Gasteiger partial charge in [-0.1, -0.05) is 0 Å². The van der Waals surface area contributed by atoms with Crippen LogP contribution in [0.1, 0.15) is 6.92 Å². The first kappa shape index (κ1) is 10.6. The number of hydrogen-bond acceptors (Lipinski definition) is 5. The highest BCUT2D eigenvalue weighted by molar-refractivity contribution is 5.87. The van der Waals surface area contributed by atoms with Crippen molar-refractivity contribution in [3.05, 3.63) is 12.4 Å². The van der Waals surface area contributed by atoms with Crippen LogP contribution in [0.15, 0.2) is 12.4 Å². The van der Waals surface area contributed by atoms with Crippen molar-refractivity contribution in [3.63, 3.8) is 0 Å². The number of carbonyl (C=O) groups excluding carboxylic acids is 1. The van der Waals surface area contributed by atoms with E-state index in [1.807, 2.05) is 11.8 Å². The molecule has 0 bridgehead atoms. The smallest absolute Gasteiger partial charge is 0.316 e. The monoisotopic (exact) mass is 223 g/mol. The standard InChI is InChI=1S/C9H13N5O2/c1-5-7(15)4-14(5)9-11-2-6(3-12-9)13-8(10)16/h2-3,5,7,15H,4H2,1H3,(H3,10,13,16)/t5-,7+/m1/s1. The van der Waals surface area contributed by atoms with Gasteiger partial charge in [0.2, 0.25) is 5.95 Å². The van der Waals surface area contributed by atoms with Crippen LogP contribution in [0.4, 0.5) is 16.4 Å². The lowest BCUT2D eigenvalue weighted by Gasteiger charge is -2.43. The van der Waals surface area contributed by atoms with Gasteiger partial charge in [0.1, 0.15) is 0 Å². The van der Waals surface area contributed by atoms with Crippen LogP contribution in [-0.2, 0) is 0 Å². The maximum Gasteiger partial charge on any atom is 0.316 e. The van der Waals surface area contributed by atoms with Gasteiger partial charge in [0.05, 0.1) is 30.2 Å². The van der Waals surface area contributed by atoms with Crippen LogP contribution < -0.4 is 16.0 Å². The van der Waals surface area contributed by atoms with Crippen LogP contribution in [-0.4, -0.2) is 39.8 Å². The summed E-state index contributed by atoms with van der Waals surface area (Å²) in [5.41, 5.74) is 5.40. The van der Waals surface area contributed by atoms with Gasteiger partial charge in [-0.05, 0) is 6.92 Å². The van der Waals surface area contributed by atoms with Gasteiger partial charge in [0, 0.05) is 6.54 Å². The molecule has 2 rings (SSSR count). The van der Waals surface area contributed by atoms with E-state index in [0.717, 1.165) is 0 Å². The number of rotatable bonds is 2. The molecular formula is C9H13N5O2. The van der Waals surface area contributed by atoms with Gasteiger partial charge < -0.3 is 21.1 Å². The molecule has 2 amide bonds. The average Bonchev–Trinajstić information content (AvgIpc) is 2.26. The normalized spacial score (nSPS) is 23.8. The maximum absolute atomic E-state index is 10.6. The Labute approximate surface area is 92.3 Å². The van der Waals surface area contributed by atoms with Crippen LogP contribution in [0.5, 0.6) is 0 Å². The van der Waals surface area contributed by atoms with Crippen LogP contribution in [0, 0.1) is 0 Å². The van der Waals surface area contributed by atoms with Crippen molar-refractivity contribution in [2.45, 2.75) is 19.1 Å². The first-order valence-corrected chi connectivity index (χ1v) is 4.91. The molecule has 0 aromatic carbocycles. The van der Waals surface area contributed by atoms with Crippen LogP contribution in [0.25, 0.3) is 0 Å². The van der Waals surface area contributed by atoms with E-state index < -0.39 is 6.03 Å². The largest absolute Gasteiger partial charge is 0.389 e. The Bertz CT molecular complexity index is 393. The fourth-order valence-corrected chi connectivity index (χ4v) is 1.53. The molecule has 16 heavy (non-hydrogen) atoms. The summed E-state index contributed by atoms with van der Waals surface area (Å²) >= 11 is 0. The van der Waals surface area contributed by atoms with E-state index >= 15 is 0 Å². The zero-order chi connectivity index (χ0) is 11.7. The van der Waals surface area contributed by atoms with E-state index in [-0.39, 0.29) is 12.1 Å². The summed E-state index contributed by atoms with van der Waals surface area (Å²) in [5.74, 6) is 0.535. The number of anilines is 2. The molecule has 0 unspecified atom stereocenters. The number of carbonyl (C=O) groups is 1. The summed E-state index contributed by atoms with van der Waals surface area (Å²) in [6.45, 7) is 2.43. The SMILES string of the molecule is C[C@@H]1[C@@H](O)CN1c1ncc(NC(N)=O)cn1. The Balaban J connectivity index is 2.05. The topological polar surface area (TPSA) is 104 Å². The van der Waals surface area contributed by atoms with Crippen LogP contribution in [0.2, 0.25) is 0 Å². The number of hydrogen-bond donors (Lipinski definition) is 3. The van der Waals surface area contributed by atoms with Crippen molar-refractivity contribution < 1.29 is 9.90 Å². The highest BCUT2D eigenvalue weighted by Gasteiger charge is 2.35. The number of primary amides is 1. The second-order valence-electron chi connectivity index (χ2n) is 3.72. The molecule has 1 saturated heterocycles. The zero-order valence-electron chi connectivity index (χ0n) is 8.79. The van der Waals surface area contributed by atoms with E-state index in [2.05, 4.69) is 15.3 Å². The quantitative estimate of drug-likeness (QED) is 0.629. The first-order chi connectivity index (χ1) is 7.58. The van der Waals surface area contributed by atoms with Gasteiger partial charge in [-0.3, -0.25) is 0 Å². The van der Waals surface area contributed by atoms with E-state index in [4.69, 9.17) is 5.73 Å². The molecule has 0 saturated carbocycles. The molecule has 2 heterocycles. The Morgan fingerprint density at radius 3 is 2.69 bits per heavy atom. The number of nitrogens with two attached hydrogens (primary N) is 1. The summed E-state index contributed by atoms with van der Waals surface area (Å²) in [5, 5.41) is 11.7. The highest BCUT2D eigenvalue weighted by atomic mass is 16.3. The molecular weight excluding hydrogens is 210 g/mol. The van der Waals surface area contributed by atoms with Crippen LogP contribution in [0.3, 0.4) is 0 Å². The Morgan fingerprint density at radius 2 is 2.25 bits per heavy atom. The molecule has 1 fully saturated rings. The highest BCUT2D eigenvalue weighted by Crippen LogP contribution is 2.23.